The van der Waals surface area contributed by atoms with E-state index in [1.165, 1.54) is 0 Å². The van der Waals surface area contributed by atoms with Crippen molar-refractivity contribution in [3.8, 4) is 0 Å². The van der Waals surface area contributed by atoms with Crippen LogP contribution in [-0.2, 0) is 0 Å². The Morgan fingerprint density at radius 1 is 0.833 bits per heavy atom. The normalized spacial score (nSPS) is 5.00. The highest BCUT2D eigenvalue weighted by molar-refractivity contribution is 4.26. The maximum atomic E-state index is 4.90. The van der Waals surface area contributed by atoms with Gasteiger partial charge in [0.2, 0.25) is 0 Å². The van der Waals surface area contributed by atoms with E-state index >= 15 is 0 Å². The smallest absolute Gasteiger partial charge is 0.00461 e. The summed E-state index contributed by atoms with van der Waals surface area (Å²) in [6.45, 7) is 1.19. The molecule has 0 spiro atoms. The van der Waals surface area contributed by atoms with Crippen LogP contribution in [0.3, 0.4) is 0 Å². The molecule has 0 aliphatic heterocycles. The van der Waals surface area contributed by atoms with Gasteiger partial charge in [0, 0.05) is 13.1 Å². The third-order valence-corrected chi connectivity index (χ3v) is 0.167. The van der Waals surface area contributed by atoms with E-state index in [4.69, 9.17) is 11.5 Å². The van der Waals surface area contributed by atoms with E-state index in [0.29, 0.717) is 13.1 Å². The summed E-state index contributed by atoms with van der Waals surface area (Å²) in [5.74, 6) is 0. The van der Waals surface area contributed by atoms with Gasteiger partial charge in [0.05, 0.1) is 0 Å². The third kappa shape index (κ3) is 39.5. The fourth-order valence-corrected chi connectivity index (χ4v) is 0. The Morgan fingerprint density at radius 3 is 1.00 bits per heavy atom. The fourth-order valence-electron chi connectivity index (χ4n) is 0. The Balaban J connectivity index is -0.0000000450. The predicted molar refractivity (Wildman–Crippen MR) is 31.6 cm³/mol. The van der Waals surface area contributed by atoms with Gasteiger partial charge < -0.3 is 11.5 Å². The minimum absolute atomic E-state index is 0. The van der Waals surface area contributed by atoms with Crippen LogP contribution in [0.5, 0.6) is 0 Å². The minimum Gasteiger partial charge on any atom is -0.329 e. The minimum atomic E-state index is 0. The first kappa shape index (κ1) is 16.8. The van der Waals surface area contributed by atoms with Crippen molar-refractivity contribution in [3.63, 3.8) is 0 Å². The second-order valence-corrected chi connectivity index (χ2v) is 0.577. The maximum Gasteiger partial charge on any atom is 0.00461 e. The van der Waals surface area contributed by atoms with Crippen LogP contribution >= 0.6 is 0 Å². The van der Waals surface area contributed by atoms with Gasteiger partial charge >= 0.3 is 0 Å². The molecule has 0 heterocycles. The second kappa shape index (κ2) is 20.5. The fraction of sp³-hybridized carbons (Fsp3) is 1.00. The predicted octanol–water partition coefficient (Wildman–Crippen LogP) is 0.176. The quantitative estimate of drug-likeness (QED) is 0.484. The lowest BCUT2D eigenvalue weighted by Gasteiger charge is -1.72. The summed E-state index contributed by atoms with van der Waals surface area (Å²) in [5.41, 5.74) is 9.81. The lowest BCUT2D eigenvalue weighted by Crippen LogP contribution is -2.11. The molecule has 0 aromatic heterocycles. The van der Waals surface area contributed by atoms with Gasteiger partial charge in [0.15, 0.2) is 0 Å². The van der Waals surface area contributed by atoms with E-state index in [-0.39, 0.29) is 14.9 Å². The molecule has 0 rings (SSSR count). The molecule has 0 aromatic carbocycles. The van der Waals surface area contributed by atoms with Gasteiger partial charge in [-0.15, -0.1) is 0 Å². The highest BCUT2D eigenvalue weighted by Crippen LogP contribution is 1.24. The summed E-state index contributed by atoms with van der Waals surface area (Å²) >= 11 is 0. The molecule has 0 radical (unpaired) electrons. The zero-order chi connectivity index (χ0) is 3.41. The van der Waals surface area contributed by atoms with Gasteiger partial charge in [0.25, 0.3) is 0 Å². The molecule has 0 saturated carbocycles. The van der Waals surface area contributed by atoms with Crippen molar-refractivity contribution in [2.24, 2.45) is 11.5 Å². The van der Waals surface area contributed by atoms with Gasteiger partial charge in [-0.05, 0) is 0 Å². The van der Waals surface area contributed by atoms with Gasteiger partial charge in [-0.3, -0.25) is 0 Å². The lowest BCUT2D eigenvalue weighted by molar-refractivity contribution is 0.976. The number of rotatable bonds is 1. The molecule has 0 aromatic rings. The number of hydrogen-bond acceptors (Lipinski definition) is 2. The van der Waals surface area contributed by atoms with Gasteiger partial charge in [-0.1, -0.05) is 14.9 Å². The van der Waals surface area contributed by atoms with E-state index in [0.717, 1.165) is 0 Å². The average Bonchev–Trinajstić information content (AvgIpc) is 1.37. The second-order valence-electron chi connectivity index (χ2n) is 0.577. The average molecular weight is 92.2 g/mol. The van der Waals surface area contributed by atoms with E-state index in [9.17, 15) is 0 Å². The zero-order valence-corrected chi connectivity index (χ0v) is 2.57. The molecule has 0 unspecified atom stereocenters. The molecular weight excluding hydrogens is 76.1 g/mol. The van der Waals surface area contributed by atoms with Crippen molar-refractivity contribution < 1.29 is 0 Å². The summed E-state index contributed by atoms with van der Waals surface area (Å²) in [6.07, 6.45) is 0. The van der Waals surface area contributed by atoms with E-state index in [1.807, 2.05) is 0 Å². The Hall–Kier alpha value is -0.0800. The molecule has 6 heavy (non-hydrogen) atoms. The molecule has 0 aliphatic carbocycles. The molecule has 4 N–H and O–H groups in total. The molecule has 0 bridgehead atoms. The Bertz CT molecular complexity index is 7.51. The lowest BCUT2D eigenvalue weighted by atomic mass is 10.7. The SMILES string of the molecule is C.C.NCCN. The van der Waals surface area contributed by atoms with E-state index in [1.54, 1.807) is 0 Å². The maximum absolute atomic E-state index is 4.90. The van der Waals surface area contributed by atoms with Crippen LogP contribution in [0.15, 0.2) is 0 Å². The zero-order valence-electron chi connectivity index (χ0n) is 2.57. The van der Waals surface area contributed by atoms with Crippen LogP contribution in [-0.4, -0.2) is 13.1 Å². The summed E-state index contributed by atoms with van der Waals surface area (Å²) in [6, 6.07) is 0. The number of nitrogens with two attached hydrogens (primary N) is 2. The third-order valence-electron chi connectivity index (χ3n) is 0.167. The van der Waals surface area contributed by atoms with Crippen LogP contribution in [0.4, 0.5) is 0 Å². The first-order chi connectivity index (χ1) is 1.91. The molecule has 2 heteroatoms. The van der Waals surface area contributed by atoms with Crippen molar-refractivity contribution >= 4 is 0 Å². The molecule has 0 atom stereocenters. The Kier molecular flexibility index (Phi) is 57.4. The first-order valence-electron chi connectivity index (χ1n) is 1.32. The van der Waals surface area contributed by atoms with Crippen molar-refractivity contribution in [1.29, 1.82) is 0 Å². The topological polar surface area (TPSA) is 52.0 Å². The molecule has 2 nitrogen and oxygen atoms in total. The van der Waals surface area contributed by atoms with Gasteiger partial charge in [-0.2, -0.15) is 0 Å². The van der Waals surface area contributed by atoms with Crippen LogP contribution < -0.4 is 11.5 Å². The Labute approximate surface area is 40.5 Å². The molecule has 0 aliphatic rings. The van der Waals surface area contributed by atoms with Crippen molar-refractivity contribution in [2.45, 2.75) is 14.9 Å². The van der Waals surface area contributed by atoms with E-state index < -0.39 is 0 Å². The highest BCUT2D eigenvalue weighted by atomic mass is 14.6. The number of hydrogen-bond donors (Lipinski definition) is 2. The molecule has 0 fully saturated rings. The van der Waals surface area contributed by atoms with Crippen LogP contribution in [0.2, 0.25) is 0 Å². The molecule has 42 valence electrons. The summed E-state index contributed by atoms with van der Waals surface area (Å²) in [7, 11) is 0. The van der Waals surface area contributed by atoms with Crippen LogP contribution in [0.1, 0.15) is 14.9 Å². The molecule has 0 saturated heterocycles. The molecular formula is C4H16N2. The summed E-state index contributed by atoms with van der Waals surface area (Å²) < 4.78 is 0. The van der Waals surface area contributed by atoms with Crippen molar-refractivity contribution in [1.82, 2.24) is 0 Å². The van der Waals surface area contributed by atoms with Crippen molar-refractivity contribution in [2.75, 3.05) is 13.1 Å². The molecule has 0 amide bonds. The highest BCUT2D eigenvalue weighted by Gasteiger charge is 1.54. The van der Waals surface area contributed by atoms with Gasteiger partial charge in [0.1, 0.15) is 0 Å². The van der Waals surface area contributed by atoms with Crippen LogP contribution in [0.25, 0.3) is 0 Å². The summed E-state index contributed by atoms with van der Waals surface area (Å²) in [4.78, 5) is 0. The summed E-state index contributed by atoms with van der Waals surface area (Å²) in [5, 5.41) is 0. The first-order valence-corrected chi connectivity index (χ1v) is 1.32. The van der Waals surface area contributed by atoms with Gasteiger partial charge in [-0.25, -0.2) is 0 Å². The Morgan fingerprint density at radius 2 is 1.00 bits per heavy atom. The van der Waals surface area contributed by atoms with E-state index in [2.05, 4.69) is 0 Å². The monoisotopic (exact) mass is 92.1 g/mol. The standard InChI is InChI=1S/C2H8N2.2CH4/c3-1-2-4;;/h1-4H2;2*1H4. The van der Waals surface area contributed by atoms with Crippen LogP contribution in [0, 0.1) is 0 Å². The largest absolute Gasteiger partial charge is 0.329 e. The van der Waals surface area contributed by atoms with Crippen molar-refractivity contribution in [3.05, 3.63) is 0 Å².